The van der Waals surface area contributed by atoms with Crippen molar-refractivity contribution in [2.24, 2.45) is 0 Å². The molecule has 3 heterocycles. The third kappa shape index (κ3) is 5.12. The van der Waals surface area contributed by atoms with E-state index in [2.05, 4.69) is 20.1 Å². The van der Waals surface area contributed by atoms with Crippen molar-refractivity contribution in [1.82, 2.24) is 25.0 Å². The van der Waals surface area contributed by atoms with Crippen molar-refractivity contribution in [2.45, 2.75) is 31.8 Å². The number of H-pyrrole nitrogens is 1. The number of morpholine rings is 1. The highest BCUT2D eigenvalue weighted by atomic mass is 19.1. The standard InChI is InChI=1S/C25H28FN5O2/c26-21-9-5-18(6-10-21)16-23-27-24(29-28-23)22-2-1-11-31(22)25(32)20-7-3-19(4-8-20)17-30-12-14-33-15-13-30/h3-10,22H,1-2,11-17H2,(H,27,28,29)/t22-/m1/s1. The lowest BCUT2D eigenvalue weighted by Gasteiger charge is -2.26. The van der Waals surface area contributed by atoms with Crippen molar-refractivity contribution < 1.29 is 13.9 Å². The van der Waals surface area contributed by atoms with E-state index < -0.39 is 0 Å². The molecule has 2 aliphatic rings. The quantitative estimate of drug-likeness (QED) is 0.625. The van der Waals surface area contributed by atoms with Crippen LogP contribution in [0.2, 0.25) is 0 Å². The summed E-state index contributed by atoms with van der Waals surface area (Å²) in [7, 11) is 0. The molecule has 2 aromatic carbocycles. The van der Waals surface area contributed by atoms with Crippen LogP contribution in [-0.2, 0) is 17.7 Å². The van der Waals surface area contributed by atoms with Crippen LogP contribution in [0.25, 0.3) is 0 Å². The van der Waals surface area contributed by atoms with Gasteiger partial charge < -0.3 is 9.64 Å². The number of aromatic amines is 1. The van der Waals surface area contributed by atoms with E-state index in [1.54, 1.807) is 12.1 Å². The zero-order chi connectivity index (χ0) is 22.6. The van der Waals surface area contributed by atoms with Gasteiger partial charge in [-0.3, -0.25) is 14.8 Å². The summed E-state index contributed by atoms with van der Waals surface area (Å²) in [6.07, 6.45) is 2.31. The average Bonchev–Trinajstić information content (AvgIpc) is 3.51. The minimum Gasteiger partial charge on any atom is -0.379 e. The van der Waals surface area contributed by atoms with Gasteiger partial charge in [-0.15, -0.1) is 0 Å². The molecule has 2 fully saturated rings. The largest absolute Gasteiger partial charge is 0.379 e. The summed E-state index contributed by atoms with van der Waals surface area (Å²) >= 11 is 0. The minimum atomic E-state index is -0.258. The number of hydrogen-bond acceptors (Lipinski definition) is 5. The van der Waals surface area contributed by atoms with Gasteiger partial charge in [-0.1, -0.05) is 24.3 Å². The summed E-state index contributed by atoms with van der Waals surface area (Å²) in [5, 5.41) is 7.38. The zero-order valence-electron chi connectivity index (χ0n) is 18.5. The number of rotatable bonds is 6. The van der Waals surface area contributed by atoms with Gasteiger partial charge in [0, 0.05) is 38.2 Å². The number of ether oxygens (including phenoxy) is 1. The first kappa shape index (κ1) is 21.7. The Bertz CT molecular complexity index is 1080. The van der Waals surface area contributed by atoms with Gasteiger partial charge >= 0.3 is 0 Å². The number of halogens is 1. The second kappa shape index (κ2) is 9.80. The molecule has 0 unspecified atom stereocenters. The van der Waals surface area contributed by atoms with Crippen LogP contribution in [0, 0.1) is 5.82 Å². The summed E-state index contributed by atoms with van der Waals surface area (Å²) in [5.74, 6) is 1.11. The van der Waals surface area contributed by atoms with Gasteiger partial charge in [-0.25, -0.2) is 9.37 Å². The predicted octanol–water partition coefficient (Wildman–Crippen LogP) is 3.34. The fourth-order valence-corrected chi connectivity index (χ4v) is 4.55. The van der Waals surface area contributed by atoms with Crippen molar-refractivity contribution in [1.29, 1.82) is 0 Å². The summed E-state index contributed by atoms with van der Waals surface area (Å²) < 4.78 is 18.5. The molecule has 3 aromatic rings. The van der Waals surface area contributed by atoms with Gasteiger partial charge in [-0.2, -0.15) is 5.10 Å². The number of carbonyl (C=O) groups is 1. The van der Waals surface area contributed by atoms with Gasteiger partial charge in [0.1, 0.15) is 11.6 Å². The lowest BCUT2D eigenvalue weighted by molar-refractivity contribution is 0.0342. The van der Waals surface area contributed by atoms with Crippen LogP contribution in [0.4, 0.5) is 4.39 Å². The maximum atomic E-state index is 13.3. The van der Waals surface area contributed by atoms with Crippen LogP contribution in [-0.4, -0.2) is 63.7 Å². The number of nitrogens with one attached hydrogen (secondary N) is 1. The number of hydrogen-bond donors (Lipinski definition) is 1. The molecule has 0 bridgehead atoms. The first-order valence-electron chi connectivity index (χ1n) is 11.5. The van der Waals surface area contributed by atoms with Crippen LogP contribution in [0.5, 0.6) is 0 Å². The number of aromatic nitrogens is 3. The zero-order valence-corrected chi connectivity index (χ0v) is 18.5. The third-order valence-electron chi connectivity index (χ3n) is 6.36. The van der Waals surface area contributed by atoms with E-state index in [4.69, 9.17) is 4.74 Å². The molecule has 0 spiro atoms. The Labute approximate surface area is 192 Å². The molecular formula is C25H28FN5O2. The molecule has 0 radical (unpaired) electrons. The molecule has 1 atom stereocenters. The van der Waals surface area contributed by atoms with Crippen LogP contribution in [0.1, 0.15) is 52.0 Å². The van der Waals surface area contributed by atoms with Gasteiger partial charge in [-0.05, 0) is 48.2 Å². The lowest BCUT2D eigenvalue weighted by Crippen LogP contribution is -2.35. The molecule has 8 heteroatoms. The van der Waals surface area contributed by atoms with Crippen molar-refractivity contribution in [2.75, 3.05) is 32.8 Å². The van der Waals surface area contributed by atoms with Gasteiger partial charge in [0.25, 0.3) is 5.91 Å². The van der Waals surface area contributed by atoms with Crippen LogP contribution >= 0.6 is 0 Å². The van der Waals surface area contributed by atoms with E-state index in [9.17, 15) is 9.18 Å². The van der Waals surface area contributed by atoms with Gasteiger partial charge in [0.05, 0.1) is 19.3 Å². The topological polar surface area (TPSA) is 74.3 Å². The summed E-state index contributed by atoms with van der Waals surface area (Å²) in [6.45, 7) is 5.00. The van der Waals surface area contributed by atoms with Crippen molar-refractivity contribution in [3.05, 3.63) is 82.7 Å². The molecule has 5 rings (SSSR count). The first-order valence-corrected chi connectivity index (χ1v) is 11.5. The third-order valence-corrected chi connectivity index (χ3v) is 6.36. The Morgan fingerprint density at radius 2 is 1.76 bits per heavy atom. The fraction of sp³-hybridized carbons (Fsp3) is 0.400. The highest BCUT2D eigenvalue weighted by Gasteiger charge is 2.33. The number of benzene rings is 2. The van der Waals surface area contributed by atoms with Crippen LogP contribution in [0.3, 0.4) is 0 Å². The van der Waals surface area contributed by atoms with Gasteiger partial charge in [0.15, 0.2) is 5.82 Å². The molecular weight excluding hydrogens is 421 g/mol. The average molecular weight is 450 g/mol. The Morgan fingerprint density at radius 1 is 1.03 bits per heavy atom. The van der Waals surface area contributed by atoms with Gasteiger partial charge in [0.2, 0.25) is 0 Å². The molecule has 1 aromatic heterocycles. The molecule has 1 N–H and O–H groups in total. The fourth-order valence-electron chi connectivity index (χ4n) is 4.55. The highest BCUT2D eigenvalue weighted by molar-refractivity contribution is 5.94. The summed E-state index contributed by atoms with van der Waals surface area (Å²) in [6, 6.07) is 14.2. The SMILES string of the molecule is O=C(c1ccc(CN2CCOCC2)cc1)N1CCC[C@@H]1c1n[nH]c(Cc2ccc(F)cc2)n1. The maximum Gasteiger partial charge on any atom is 0.254 e. The Hall–Kier alpha value is -3.10. The van der Waals surface area contributed by atoms with E-state index in [-0.39, 0.29) is 17.8 Å². The van der Waals surface area contributed by atoms with Crippen LogP contribution in [0.15, 0.2) is 48.5 Å². The molecule has 0 aliphatic carbocycles. The lowest BCUT2D eigenvalue weighted by atomic mass is 10.1. The summed E-state index contributed by atoms with van der Waals surface area (Å²) in [4.78, 5) is 22.1. The maximum absolute atomic E-state index is 13.3. The summed E-state index contributed by atoms with van der Waals surface area (Å²) in [5.41, 5.74) is 2.84. The molecule has 33 heavy (non-hydrogen) atoms. The van der Waals surface area contributed by atoms with Crippen LogP contribution < -0.4 is 0 Å². The number of carbonyl (C=O) groups excluding carboxylic acids is 1. The Morgan fingerprint density at radius 3 is 2.52 bits per heavy atom. The normalized spacial score (nSPS) is 19.2. The van der Waals surface area contributed by atoms with Crippen molar-refractivity contribution >= 4 is 5.91 Å². The highest BCUT2D eigenvalue weighted by Crippen LogP contribution is 2.31. The number of likely N-dealkylation sites (tertiary alicyclic amines) is 1. The second-order valence-electron chi connectivity index (χ2n) is 8.69. The number of nitrogens with zero attached hydrogens (tertiary/aromatic N) is 4. The Kier molecular flexibility index (Phi) is 6.46. The van der Waals surface area contributed by atoms with E-state index in [1.807, 2.05) is 29.2 Å². The minimum absolute atomic E-state index is 0.0142. The molecule has 7 nitrogen and oxygen atoms in total. The van der Waals surface area contributed by atoms with E-state index in [0.717, 1.165) is 51.3 Å². The van der Waals surface area contributed by atoms with E-state index in [1.165, 1.54) is 17.7 Å². The van der Waals surface area contributed by atoms with E-state index >= 15 is 0 Å². The second-order valence-corrected chi connectivity index (χ2v) is 8.69. The van der Waals surface area contributed by atoms with Crippen molar-refractivity contribution in [3.63, 3.8) is 0 Å². The van der Waals surface area contributed by atoms with E-state index in [0.29, 0.717) is 30.2 Å². The molecule has 2 saturated heterocycles. The predicted molar refractivity (Wildman–Crippen MR) is 121 cm³/mol. The smallest absolute Gasteiger partial charge is 0.254 e. The monoisotopic (exact) mass is 449 g/mol. The first-order chi connectivity index (χ1) is 16.2. The number of amides is 1. The molecule has 2 aliphatic heterocycles. The Balaban J connectivity index is 1.24. The molecule has 172 valence electrons. The molecule has 0 saturated carbocycles. The molecule has 1 amide bonds. The van der Waals surface area contributed by atoms with Crippen molar-refractivity contribution in [3.8, 4) is 0 Å².